The van der Waals surface area contributed by atoms with Gasteiger partial charge in [-0.2, -0.15) is 0 Å². The van der Waals surface area contributed by atoms with Gasteiger partial charge < -0.3 is 10.4 Å². The van der Waals surface area contributed by atoms with Gasteiger partial charge in [-0.3, -0.25) is 0 Å². The lowest BCUT2D eigenvalue weighted by Gasteiger charge is -2.12. The van der Waals surface area contributed by atoms with Crippen LogP contribution in [-0.4, -0.2) is 38.3 Å². The molecule has 0 amide bonds. The summed E-state index contributed by atoms with van der Waals surface area (Å²) in [5, 5.41) is 17.6. The van der Waals surface area contributed by atoms with Crippen LogP contribution in [0.3, 0.4) is 0 Å². The Morgan fingerprint density at radius 2 is 1.59 bits per heavy atom. The minimum atomic E-state index is -3.94. The van der Waals surface area contributed by atoms with E-state index in [9.17, 15) is 13.2 Å². The van der Waals surface area contributed by atoms with Crippen molar-refractivity contribution in [1.82, 2.24) is 5.32 Å². The molecular weight excluding hydrogens is 408 g/mol. The van der Waals surface area contributed by atoms with E-state index in [1.54, 1.807) is 6.92 Å². The third kappa shape index (κ3) is 12.3. The molecule has 0 unspecified atom stereocenters. The summed E-state index contributed by atoms with van der Waals surface area (Å²) in [6, 6.07) is 2.60. The van der Waals surface area contributed by atoms with Gasteiger partial charge in [-0.25, -0.2) is 18.4 Å². The molecule has 0 fully saturated rings. The first-order chi connectivity index (χ1) is 13.7. The van der Waals surface area contributed by atoms with Crippen LogP contribution in [0.2, 0.25) is 0 Å². The molecule has 0 saturated heterocycles. The van der Waals surface area contributed by atoms with Gasteiger partial charge in [0.2, 0.25) is 10.0 Å². The predicted molar refractivity (Wildman–Crippen MR) is 122 cm³/mol. The number of hydrogen-bond acceptors (Lipinski definition) is 5. The number of rotatable bonds is 13. The van der Waals surface area contributed by atoms with Gasteiger partial charge >= 0.3 is 5.97 Å². The van der Waals surface area contributed by atoms with Crippen molar-refractivity contribution < 1.29 is 18.3 Å². The van der Waals surface area contributed by atoms with Crippen LogP contribution in [-0.2, 0) is 10.0 Å². The van der Waals surface area contributed by atoms with Crippen LogP contribution < -0.4 is 10.5 Å². The number of sulfonamides is 1. The normalized spacial score (nSPS) is 11.1. The van der Waals surface area contributed by atoms with Crippen LogP contribution >= 0.6 is 11.8 Å². The lowest BCUT2D eigenvalue weighted by atomic mass is 10.1. The number of carbonyl (C=O) groups is 1. The number of thioether (sulfide) groups is 1. The molecule has 0 aliphatic carbocycles. The van der Waals surface area contributed by atoms with E-state index in [1.165, 1.54) is 56.6 Å². The van der Waals surface area contributed by atoms with E-state index in [4.69, 9.17) is 10.2 Å². The van der Waals surface area contributed by atoms with Crippen LogP contribution in [0.25, 0.3) is 0 Å². The molecule has 6 nitrogen and oxygen atoms in total. The molecule has 0 aromatic heterocycles. The first-order valence-corrected chi connectivity index (χ1v) is 13.0. The SMILES string of the molecule is CCCCCSc1c(C)cc(C(=O)O)cc1S(N)(=O)=O.CCCCNCCCC. The molecule has 0 bridgehead atoms. The molecule has 0 spiro atoms. The molecule has 0 heterocycles. The zero-order valence-electron chi connectivity index (χ0n) is 18.3. The van der Waals surface area contributed by atoms with Crippen LogP contribution in [0, 0.1) is 6.92 Å². The molecule has 29 heavy (non-hydrogen) atoms. The van der Waals surface area contributed by atoms with Crippen molar-refractivity contribution in [2.75, 3.05) is 18.8 Å². The maximum atomic E-state index is 11.6. The number of benzene rings is 1. The van der Waals surface area contributed by atoms with E-state index in [0.29, 0.717) is 10.5 Å². The van der Waals surface area contributed by atoms with E-state index in [-0.39, 0.29) is 10.5 Å². The van der Waals surface area contributed by atoms with Crippen LogP contribution in [0.4, 0.5) is 0 Å². The van der Waals surface area contributed by atoms with Crippen molar-refractivity contribution in [1.29, 1.82) is 0 Å². The average Bonchev–Trinajstić information content (AvgIpc) is 2.65. The van der Waals surface area contributed by atoms with Crippen molar-refractivity contribution in [3.63, 3.8) is 0 Å². The van der Waals surface area contributed by atoms with Crippen molar-refractivity contribution in [3.8, 4) is 0 Å². The lowest BCUT2D eigenvalue weighted by molar-refractivity contribution is 0.0696. The zero-order chi connectivity index (χ0) is 22.3. The summed E-state index contributed by atoms with van der Waals surface area (Å²) < 4.78 is 23.3. The highest BCUT2D eigenvalue weighted by atomic mass is 32.2. The third-order valence-corrected chi connectivity index (χ3v) is 6.59. The second-order valence-corrected chi connectivity index (χ2v) is 9.62. The Morgan fingerprint density at radius 1 is 1.03 bits per heavy atom. The molecule has 0 atom stereocenters. The Labute approximate surface area is 181 Å². The Morgan fingerprint density at radius 3 is 2.03 bits per heavy atom. The summed E-state index contributed by atoms with van der Waals surface area (Å²) in [5.41, 5.74) is 0.555. The number of unbranched alkanes of at least 4 members (excludes halogenated alkanes) is 4. The maximum absolute atomic E-state index is 11.6. The Balaban J connectivity index is 0.000000734. The molecule has 0 saturated carbocycles. The van der Waals surface area contributed by atoms with E-state index in [1.807, 2.05) is 0 Å². The summed E-state index contributed by atoms with van der Waals surface area (Å²) in [6.45, 7) is 10.6. The summed E-state index contributed by atoms with van der Waals surface area (Å²) in [4.78, 5) is 11.4. The average molecular weight is 447 g/mol. The standard InChI is InChI=1S/C13H19NO4S2.C8H19N/c1-3-4-5-6-19-12-9(2)7-10(13(15)16)8-11(12)20(14,17)18;1-3-5-7-9-8-6-4-2/h7-8H,3-6H2,1-2H3,(H,15,16)(H2,14,17,18);9H,3-8H2,1-2H3. The van der Waals surface area contributed by atoms with Gasteiger partial charge in [0, 0.05) is 4.90 Å². The van der Waals surface area contributed by atoms with Crippen molar-refractivity contribution in [3.05, 3.63) is 23.3 Å². The minimum Gasteiger partial charge on any atom is -0.478 e. The zero-order valence-corrected chi connectivity index (χ0v) is 19.9. The molecule has 0 aliphatic heterocycles. The maximum Gasteiger partial charge on any atom is 0.335 e. The van der Waals surface area contributed by atoms with Gasteiger partial charge in [0.15, 0.2) is 0 Å². The van der Waals surface area contributed by atoms with Crippen LogP contribution in [0.15, 0.2) is 21.9 Å². The number of aromatic carboxylic acids is 1. The van der Waals surface area contributed by atoms with E-state index < -0.39 is 16.0 Å². The number of aryl methyl sites for hydroxylation is 1. The monoisotopic (exact) mass is 446 g/mol. The Kier molecular flexibility index (Phi) is 15.1. The summed E-state index contributed by atoms with van der Waals surface area (Å²) in [6.07, 6.45) is 8.39. The van der Waals surface area contributed by atoms with Crippen LogP contribution in [0.1, 0.15) is 81.6 Å². The number of primary sulfonamides is 1. The molecule has 8 heteroatoms. The van der Waals surface area contributed by atoms with E-state index in [0.717, 1.165) is 31.1 Å². The number of carboxylic acid groups (broad SMARTS) is 1. The fraction of sp³-hybridized carbons (Fsp3) is 0.667. The third-order valence-electron chi connectivity index (χ3n) is 4.20. The highest BCUT2D eigenvalue weighted by Crippen LogP contribution is 2.31. The van der Waals surface area contributed by atoms with Crippen LogP contribution in [0.5, 0.6) is 0 Å². The molecule has 0 aliphatic rings. The molecular formula is C21H38N2O4S2. The summed E-state index contributed by atoms with van der Waals surface area (Å²) in [7, 11) is -3.94. The minimum absolute atomic E-state index is 0.0653. The smallest absolute Gasteiger partial charge is 0.335 e. The number of nitrogens with two attached hydrogens (primary N) is 1. The van der Waals surface area contributed by atoms with Gasteiger partial charge in [0.05, 0.1) is 10.5 Å². The lowest BCUT2D eigenvalue weighted by Crippen LogP contribution is -2.15. The van der Waals surface area contributed by atoms with Crippen molar-refractivity contribution in [2.45, 2.75) is 82.4 Å². The Hall–Kier alpha value is -1.09. The molecule has 168 valence electrons. The highest BCUT2D eigenvalue weighted by Gasteiger charge is 2.19. The highest BCUT2D eigenvalue weighted by molar-refractivity contribution is 8.00. The molecule has 4 N–H and O–H groups in total. The van der Waals surface area contributed by atoms with E-state index >= 15 is 0 Å². The number of carboxylic acids is 1. The Bertz CT molecular complexity index is 701. The van der Waals surface area contributed by atoms with Gasteiger partial charge in [0.25, 0.3) is 0 Å². The number of hydrogen-bond donors (Lipinski definition) is 3. The fourth-order valence-electron chi connectivity index (χ4n) is 2.52. The topological polar surface area (TPSA) is 109 Å². The first-order valence-electron chi connectivity index (χ1n) is 10.4. The van der Waals surface area contributed by atoms with Crippen molar-refractivity contribution >= 4 is 27.8 Å². The van der Waals surface area contributed by atoms with E-state index in [2.05, 4.69) is 26.1 Å². The summed E-state index contributed by atoms with van der Waals surface area (Å²) in [5.74, 6) is -0.385. The van der Waals surface area contributed by atoms with Gasteiger partial charge in [-0.1, -0.05) is 46.5 Å². The van der Waals surface area contributed by atoms with Crippen molar-refractivity contribution in [2.24, 2.45) is 5.14 Å². The predicted octanol–water partition coefficient (Wildman–Crippen LogP) is 4.80. The fourth-order valence-corrected chi connectivity index (χ4v) is 4.79. The largest absolute Gasteiger partial charge is 0.478 e. The number of nitrogens with one attached hydrogen (secondary N) is 1. The second-order valence-electron chi connectivity index (χ2n) is 6.98. The van der Waals surface area contributed by atoms with Gasteiger partial charge in [-0.05, 0) is 62.7 Å². The summed E-state index contributed by atoms with van der Waals surface area (Å²) >= 11 is 1.41. The first kappa shape index (κ1) is 27.9. The van der Waals surface area contributed by atoms with Gasteiger partial charge in [0.1, 0.15) is 0 Å². The quantitative estimate of drug-likeness (QED) is 0.297. The molecule has 1 aromatic carbocycles. The molecule has 1 rings (SSSR count). The molecule has 0 radical (unpaired) electrons. The molecule has 1 aromatic rings. The van der Waals surface area contributed by atoms with Gasteiger partial charge in [-0.15, -0.1) is 11.8 Å². The second kappa shape index (κ2) is 15.7.